The zero-order valence-corrected chi connectivity index (χ0v) is 9.26. The molecule has 0 saturated heterocycles. The number of amidine groups is 1. The van der Waals surface area contributed by atoms with Crippen molar-refractivity contribution < 1.29 is 0 Å². The highest BCUT2D eigenvalue weighted by atomic mass is 79.9. The molecule has 0 unspecified atom stereocenters. The number of nitrogen functional groups attached to an aromatic ring is 1. The van der Waals surface area contributed by atoms with Crippen molar-refractivity contribution in [3.63, 3.8) is 0 Å². The van der Waals surface area contributed by atoms with Crippen LogP contribution in [0.25, 0.3) is 0 Å². The average molecular weight is 254 g/mol. The Labute approximate surface area is 91.3 Å². The Kier molecular flexibility index (Phi) is 2.46. The molecule has 0 atom stereocenters. The topological polar surface area (TPSA) is 61.9 Å². The Balaban J connectivity index is 2.35. The summed E-state index contributed by atoms with van der Waals surface area (Å²) in [6.45, 7) is 0. The third-order valence-electron chi connectivity index (χ3n) is 2.22. The summed E-state index contributed by atoms with van der Waals surface area (Å²) in [7, 11) is 0. The molecular weight excluding hydrogens is 242 g/mol. The minimum absolute atomic E-state index is 0.0978. The van der Waals surface area contributed by atoms with Crippen LogP contribution in [0.1, 0.15) is 18.4 Å². The van der Waals surface area contributed by atoms with Gasteiger partial charge >= 0.3 is 0 Å². The summed E-state index contributed by atoms with van der Waals surface area (Å²) in [5.74, 6) is 0.0978. The fraction of sp³-hybridized carbons (Fsp3) is 0.300. The molecule has 14 heavy (non-hydrogen) atoms. The molecule has 0 heterocycles. The number of hydrogen-bond donors (Lipinski definition) is 3. The van der Waals surface area contributed by atoms with Crippen LogP contribution in [0, 0.1) is 5.41 Å². The van der Waals surface area contributed by atoms with E-state index in [1.165, 1.54) is 12.8 Å². The van der Waals surface area contributed by atoms with Gasteiger partial charge in [-0.2, -0.15) is 0 Å². The van der Waals surface area contributed by atoms with Gasteiger partial charge in [0.2, 0.25) is 0 Å². The van der Waals surface area contributed by atoms with E-state index in [2.05, 4.69) is 21.2 Å². The first-order chi connectivity index (χ1) is 6.68. The molecule has 4 N–H and O–H groups in total. The maximum atomic E-state index is 7.49. The van der Waals surface area contributed by atoms with Crippen molar-refractivity contribution in [3.05, 3.63) is 28.2 Å². The number of rotatable bonds is 3. The van der Waals surface area contributed by atoms with Crippen LogP contribution < -0.4 is 11.1 Å². The number of benzene rings is 1. The van der Waals surface area contributed by atoms with Gasteiger partial charge in [-0.05, 0) is 40.9 Å². The van der Waals surface area contributed by atoms with Crippen LogP contribution in [0.15, 0.2) is 22.7 Å². The molecule has 0 radical (unpaired) electrons. The molecule has 1 aliphatic rings. The summed E-state index contributed by atoms with van der Waals surface area (Å²) in [6.07, 6.45) is 2.42. The number of hydrogen-bond acceptors (Lipinski definition) is 2. The molecule has 0 spiro atoms. The highest BCUT2D eigenvalue weighted by molar-refractivity contribution is 9.10. The predicted molar refractivity (Wildman–Crippen MR) is 61.8 cm³/mol. The summed E-state index contributed by atoms with van der Waals surface area (Å²) in [6, 6.07) is 6.37. The number of nitrogens with two attached hydrogens (primary N) is 1. The van der Waals surface area contributed by atoms with Crippen molar-refractivity contribution in [1.82, 2.24) is 0 Å². The van der Waals surface area contributed by atoms with E-state index in [0.29, 0.717) is 6.04 Å². The van der Waals surface area contributed by atoms with Crippen LogP contribution in [0.4, 0.5) is 5.69 Å². The first kappa shape index (κ1) is 9.52. The summed E-state index contributed by atoms with van der Waals surface area (Å²) >= 11 is 3.40. The summed E-state index contributed by atoms with van der Waals surface area (Å²) in [4.78, 5) is 0. The zero-order valence-electron chi connectivity index (χ0n) is 7.68. The molecule has 1 fully saturated rings. The lowest BCUT2D eigenvalue weighted by molar-refractivity contribution is 1.15. The van der Waals surface area contributed by atoms with Crippen molar-refractivity contribution in [1.29, 1.82) is 5.41 Å². The van der Waals surface area contributed by atoms with Crippen molar-refractivity contribution >= 4 is 27.5 Å². The monoisotopic (exact) mass is 253 g/mol. The molecule has 74 valence electrons. The Bertz CT molecular complexity index is 372. The molecule has 0 aromatic heterocycles. The van der Waals surface area contributed by atoms with Gasteiger partial charge in [0.25, 0.3) is 0 Å². The fourth-order valence-corrected chi connectivity index (χ4v) is 1.95. The molecule has 2 rings (SSSR count). The SMILES string of the molecule is N=C(N)c1c(Br)cccc1NC1CC1. The predicted octanol–water partition coefficient (Wildman–Crippen LogP) is 2.31. The van der Waals surface area contributed by atoms with Crippen LogP contribution in [0.5, 0.6) is 0 Å². The average Bonchev–Trinajstić information content (AvgIpc) is 2.87. The van der Waals surface area contributed by atoms with Crippen molar-refractivity contribution in [2.24, 2.45) is 5.73 Å². The number of halogens is 1. The molecule has 4 heteroatoms. The largest absolute Gasteiger partial charge is 0.384 e. The summed E-state index contributed by atoms with van der Waals surface area (Å²) in [5, 5.41) is 10.8. The molecule has 3 nitrogen and oxygen atoms in total. The second-order valence-corrected chi connectivity index (χ2v) is 4.35. The maximum Gasteiger partial charge on any atom is 0.126 e. The van der Waals surface area contributed by atoms with E-state index in [9.17, 15) is 0 Å². The smallest absolute Gasteiger partial charge is 0.126 e. The van der Waals surface area contributed by atoms with E-state index in [0.717, 1.165) is 15.7 Å². The van der Waals surface area contributed by atoms with Gasteiger partial charge in [0, 0.05) is 16.2 Å². The van der Waals surface area contributed by atoms with E-state index in [1.807, 2.05) is 18.2 Å². The quantitative estimate of drug-likeness (QED) is 0.572. The standard InChI is InChI=1S/C10H12BrN3/c11-7-2-1-3-8(9(7)10(12)13)14-6-4-5-6/h1-3,6,14H,4-5H2,(H3,12,13). The van der Waals surface area contributed by atoms with E-state index in [1.54, 1.807) is 0 Å². The second-order valence-electron chi connectivity index (χ2n) is 3.49. The van der Waals surface area contributed by atoms with Gasteiger partial charge in [-0.15, -0.1) is 0 Å². The number of anilines is 1. The van der Waals surface area contributed by atoms with E-state index >= 15 is 0 Å². The van der Waals surface area contributed by atoms with Gasteiger partial charge in [-0.25, -0.2) is 0 Å². The van der Waals surface area contributed by atoms with Gasteiger partial charge in [0.05, 0.1) is 5.56 Å². The highest BCUT2D eigenvalue weighted by Crippen LogP contribution is 2.29. The number of nitrogens with one attached hydrogen (secondary N) is 2. The Morgan fingerprint density at radius 2 is 2.21 bits per heavy atom. The lowest BCUT2D eigenvalue weighted by Gasteiger charge is -2.11. The highest BCUT2D eigenvalue weighted by Gasteiger charge is 2.22. The van der Waals surface area contributed by atoms with Crippen molar-refractivity contribution in [2.45, 2.75) is 18.9 Å². The molecule has 1 saturated carbocycles. The molecule has 1 aliphatic carbocycles. The van der Waals surface area contributed by atoms with Gasteiger partial charge in [-0.3, -0.25) is 5.41 Å². The maximum absolute atomic E-state index is 7.49. The van der Waals surface area contributed by atoms with Gasteiger partial charge in [-0.1, -0.05) is 6.07 Å². The zero-order chi connectivity index (χ0) is 10.1. The van der Waals surface area contributed by atoms with Crippen LogP contribution >= 0.6 is 15.9 Å². The van der Waals surface area contributed by atoms with Crippen molar-refractivity contribution in [2.75, 3.05) is 5.32 Å². The third-order valence-corrected chi connectivity index (χ3v) is 2.88. The fourth-order valence-electron chi connectivity index (χ4n) is 1.37. The van der Waals surface area contributed by atoms with Gasteiger partial charge < -0.3 is 11.1 Å². The second kappa shape index (κ2) is 3.61. The third kappa shape index (κ3) is 1.90. The van der Waals surface area contributed by atoms with Crippen LogP contribution in [0.2, 0.25) is 0 Å². The lowest BCUT2D eigenvalue weighted by Crippen LogP contribution is -2.15. The first-order valence-electron chi connectivity index (χ1n) is 4.58. The molecule has 1 aromatic carbocycles. The molecular formula is C10H12BrN3. The minimum Gasteiger partial charge on any atom is -0.384 e. The minimum atomic E-state index is 0.0978. The molecule has 0 bridgehead atoms. The Morgan fingerprint density at radius 1 is 1.50 bits per heavy atom. The molecule has 0 amide bonds. The first-order valence-corrected chi connectivity index (χ1v) is 5.37. The normalized spacial score (nSPS) is 15.2. The Morgan fingerprint density at radius 3 is 2.79 bits per heavy atom. The molecule has 0 aliphatic heterocycles. The van der Waals surface area contributed by atoms with Crippen LogP contribution in [-0.4, -0.2) is 11.9 Å². The van der Waals surface area contributed by atoms with E-state index in [4.69, 9.17) is 11.1 Å². The van der Waals surface area contributed by atoms with Gasteiger partial charge in [0.1, 0.15) is 5.84 Å². The Hall–Kier alpha value is -1.03. The van der Waals surface area contributed by atoms with Gasteiger partial charge in [0.15, 0.2) is 0 Å². The van der Waals surface area contributed by atoms with E-state index in [-0.39, 0.29) is 5.84 Å². The molecule has 1 aromatic rings. The summed E-state index contributed by atoms with van der Waals surface area (Å²) in [5.41, 5.74) is 7.24. The van der Waals surface area contributed by atoms with Crippen LogP contribution in [-0.2, 0) is 0 Å². The lowest BCUT2D eigenvalue weighted by atomic mass is 10.1. The van der Waals surface area contributed by atoms with Crippen LogP contribution in [0.3, 0.4) is 0 Å². The van der Waals surface area contributed by atoms with E-state index < -0.39 is 0 Å². The van der Waals surface area contributed by atoms with Crippen molar-refractivity contribution in [3.8, 4) is 0 Å². The summed E-state index contributed by atoms with van der Waals surface area (Å²) < 4.78 is 0.871.